The monoisotopic (exact) mass is 303 g/mol. The minimum Gasteiger partial charge on any atom is -0.493 e. The maximum absolute atomic E-state index is 13.5. The molecule has 0 fully saturated rings. The van der Waals surface area contributed by atoms with Gasteiger partial charge in [0.1, 0.15) is 5.82 Å². The molecule has 0 aliphatic rings. The highest BCUT2D eigenvalue weighted by Crippen LogP contribution is 2.30. The number of nitrogens with one attached hydrogen (secondary N) is 1. The number of rotatable bonds is 6. The van der Waals surface area contributed by atoms with Crippen molar-refractivity contribution in [1.29, 1.82) is 0 Å². The second kappa shape index (κ2) is 7.45. The van der Waals surface area contributed by atoms with Gasteiger partial charge < -0.3 is 14.8 Å². The minimum atomic E-state index is -0.387. The van der Waals surface area contributed by atoms with Gasteiger partial charge in [-0.3, -0.25) is 4.79 Å². The van der Waals surface area contributed by atoms with Crippen molar-refractivity contribution in [3.05, 3.63) is 53.8 Å². The SMILES string of the molecule is CCOc1ccc(NC(=O)Cc2ccccc2F)cc1OC. The second-order valence-corrected chi connectivity index (χ2v) is 4.62. The first-order valence-electron chi connectivity index (χ1n) is 6.98. The number of carbonyl (C=O) groups excluding carboxylic acids is 1. The van der Waals surface area contributed by atoms with Crippen LogP contribution in [0.15, 0.2) is 42.5 Å². The molecular formula is C17H18FNO3. The average Bonchev–Trinajstić information content (AvgIpc) is 2.51. The van der Waals surface area contributed by atoms with Crippen LogP contribution in [0, 0.1) is 5.82 Å². The van der Waals surface area contributed by atoms with Crippen molar-refractivity contribution in [1.82, 2.24) is 0 Å². The van der Waals surface area contributed by atoms with Crippen LogP contribution in [-0.4, -0.2) is 19.6 Å². The molecule has 0 saturated heterocycles. The van der Waals surface area contributed by atoms with Gasteiger partial charge in [-0.05, 0) is 30.7 Å². The Hall–Kier alpha value is -2.56. The molecule has 0 aromatic heterocycles. The third-order valence-electron chi connectivity index (χ3n) is 3.06. The summed E-state index contributed by atoms with van der Waals surface area (Å²) >= 11 is 0. The lowest BCUT2D eigenvalue weighted by atomic mass is 10.1. The molecule has 0 radical (unpaired) electrons. The van der Waals surface area contributed by atoms with E-state index in [1.54, 1.807) is 36.4 Å². The molecule has 2 aromatic carbocycles. The van der Waals surface area contributed by atoms with Gasteiger partial charge in [0.15, 0.2) is 11.5 Å². The molecule has 116 valence electrons. The van der Waals surface area contributed by atoms with Crippen molar-refractivity contribution in [2.24, 2.45) is 0 Å². The van der Waals surface area contributed by atoms with E-state index in [0.717, 1.165) is 0 Å². The van der Waals surface area contributed by atoms with Gasteiger partial charge in [-0.2, -0.15) is 0 Å². The van der Waals surface area contributed by atoms with E-state index in [2.05, 4.69) is 5.32 Å². The van der Waals surface area contributed by atoms with E-state index in [0.29, 0.717) is 29.4 Å². The van der Waals surface area contributed by atoms with Crippen molar-refractivity contribution in [3.8, 4) is 11.5 Å². The zero-order valence-electron chi connectivity index (χ0n) is 12.6. The Kier molecular flexibility index (Phi) is 5.36. The predicted octanol–water partition coefficient (Wildman–Crippen LogP) is 3.41. The van der Waals surface area contributed by atoms with Crippen LogP contribution in [-0.2, 0) is 11.2 Å². The smallest absolute Gasteiger partial charge is 0.228 e. The fourth-order valence-corrected chi connectivity index (χ4v) is 2.04. The van der Waals surface area contributed by atoms with E-state index in [-0.39, 0.29) is 18.1 Å². The fourth-order valence-electron chi connectivity index (χ4n) is 2.04. The highest BCUT2D eigenvalue weighted by Gasteiger charge is 2.10. The van der Waals surface area contributed by atoms with Crippen molar-refractivity contribution < 1.29 is 18.7 Å². The van der Waals surface area contributed by atoms with E-state index in [4.69, 9.17) is 9.47 Å². The summed E-state index contributed by atoms with van der Waals surface area (Å²) in [6.45, 7) is 2.40. The molecule has 0 heterocycles. The van der Waals surface area contributed by atoms with Gasteiger partial charge in [0.05, 0.1) is 20.1 Å². The molecule has 5 heteroatoms. The third kappa shape index (κ3) is 3.97. The predicted molar refractivity (Wildman–Crippen MR) is 82.9 cm³/mol. The van der Waals surface area contributed by atoms with Crippen LogP contribution in [0.1, 0.15) is 12.5 Å². The summed E-state index contributed by atoms with van der Waals surface area (Å²) in [5.74, 6) is 0.459. The number of amides is 1. The second-order valence-electron chi connectivity index (χ2n) is 4.62. The summed E-state index contributed by atoms with van der Waals surface area (Å²) < 4.78 is 24.2. The number of anilines is 1. The number of ether oxygens (including phenoxy) is 2. The van der Waals surface area contributed by atoms with E-state index >= 15 is 0 Å². The summed E-state index contributed by atoms with van der Waals surface area (Å²) in [4.78, 5) is 12.0. The summed E-state index contributed by atoms with van der Waals surface area (Å²) in [7, 11) is 1.53. The Morgan fingerprint density at radius 3 is 2.64 bits per heavy atom. The molecule has 2 aromatic rings. The van der Waals surface area contributed by atoms with Crippen LogP contribution in [0.25, 0.3) is 0 Å². The minimum absolute atomic E-state index is 0.0256. The Morgan fingerprint density at radius 1 is 1.18 bits per heavy atom. The van der Waals surface area contributed by atoms with E-state index in [1.807, 2.05) is 6.92 Å². The molecule has 0 spiro atoms. The van der Waals surface area contributed by atoms with Gasteiger partial charge in [-0.15, -0.1) is 0 Å². The molecule has 22 heavy (non-hydrogen) atoms. The van der Waals surface area contributed by atoms with Gasteiger partial charge >= 0.3 is 0 Å². The lowest BCUT2D eigenvalue weighted by Crippen LogP contribution is -2.15. The molecule has 0 unspecified atom stereocenters. The first-order chi connectivity index (χ1) is 10.6. The number of methoxy groups -OCH3 is 1. The average molecular weight is 303 g/mol. The summed E-state index contributed by atoms with van der Waals surface area (Å²) in [5.41, 5.74) is 0.930. The third-order valence-corrected chi connectivity index (χ3v) is 3.06. The number of hydrogen-bond acceptors (Lipinski definition) is 3. The van der Waals surface area contributed by atoms with Gasteiger partial charge in [0.2, 0.25) is 5.91 Å². The van der Waals surface area contributed by atoms with Crippen LogP contribution in [0.5, 0.6) is 11.5 Å². The first-order valence-corrected chi connectivity index (χ1v) is 6.98. The van der Waals surface area contributed by atoms with Crippen molar-refractivity contribution in [2.75, 3.05) is 19.0 Å². The highest BCUT2D eigenvalue weighted by atomic mass is 19.1. The van der Waals surface area contributed by atoms with Crippen molar-refractivity contribution in [3.63, 3.8) is 0 Å². The highest BCUT2D eigenvalue weighted by molar-refractivity contribution is 5.92. The van der Waals surface area contributed by atoms with Crippen molar-refractivity contribution in [2.45, 2.75) is 13.3 Å². The molecule has 2 rings (SSSR count). The lowest BCUT2D eigenvalue weighted by molar-refractivity contribution is -0.115. The number of halogens is 1. The Balaban J connectivity index is 2.07. The van der Waals surface area contributed by atoms with E-state index in [9.17, 15) is 9.18 Å². The quantitative estimate of drug-likeness (QED) is 0.889. The standard InChI is InChI=1S/C17H18FNO3/c1-3-22-15-9-8-13(11-16(15)21-2)19-17(20)10-12-6-4-5-7-14(12)18/h4-9,11H,3,10H2,1-2H3,(H,19,20). The zero-order chi connectivity index (χ0) is 15.9. The summed E-state index contributed by atoms with van der Waals surface area (Å²) in [6, 6.07) is 11.3. The van der Waals surface area contributed by atoms with Gasteiger partial charge in [-0.1, -0.05) is 18.2 Å². The molecule has 4 nitrogen and oxygen atoms in total. The van der Waals surface area contributed by atoms with E-state index < -0.39 is 0 Å². The molecule has 1 amide bonds. The Morgan fingerprint density at radius 2 is 1.95 bits per heavy atom. The fraction of sp³-hybridized carbons (Fsp3) is 0.235. The zero-order valence-corrected chi connectivity index (χ0v) is 12.6. The van der Waals surface area contributed by atoms with Gasteiger partial charge in [0, 0.05) is 11.8 Å². The molecule has 0 aliphatic carbocycles. The van der Waals surface area contributed by atoms with Crippen LogP contribution in [0.2, 0.25) is 0 Å². The van der Waals surface area contributed by atoms with Crippen LogP contribution in [0.3, 0.4) is 0 Å². The van der Waals surface area contributed by atoms with Gasteiger partial charge in [0.25, 0.3) is 0 Å². The van der Waals surface area contributed by atoms with Crippen LogP contribution in [0.4, 0.5) is 10.1 Å². The van der Waals surface area contributed by atoms with Crippen LogP contribution >= 0.6 is 0 Å². The molecular weight excluding hydrogens is 285 g/mol. The normalized spacial score (nSPS) is 10.1. The lowest BCUT2D eigenvalue weighted by Gasteiger charge is -2.12. The van der Waals surface area contributed by atoms with Gasteiger partial charge in [-0.25, -0.2) is 4.39 Å². The number of carbonyl (C=O) groups is 1. The Bertz CT molecular complexity index is 658. The number of hydrogen-bond donors (Lipinski definition) is 1. The molecule has 0 atom stereocenters. The Labute approximate surface area is 128 Å². The maximum Gasteiger partial charge on any atom is 0.228 e. The van der Waals surface area contributed by atoms with Crippen LogP contribution < -0.4 is 14.8 Å². The number of benzene rings is 2. The molecule has 0 bridgehead atoms. The maximum atomic E-state index is 13.5. The first kappa shape index (κ1) is 15.8. The van der Waals surface area contributed by atoms with Crippen molar-refractivity contribution >= 4 is 11.6 Å². The largest absolute Gasteiger partial charge is 0.493 e. The molecule has 0 saturated carbocycles. The molecule has 0 aliphatic heterocycles. The molecule has 1 N–H and O–H groups in total. The summed E-state index contributed by atoms with van der Waals surface area (Å²) in [6.07, 6.45) is -0.0256. The summed E-state index contributed by atoms with van der Waals surface area (Å²) in [5, 5.41) is 2.72. The topological polar surface area (TPSA) is 47.6 Å². The van der Waals surface area contributed by atoms with E-state index in [1.165, 1.54) is 13.2 Å².